The van der Waals surface area contributed by atoms with E-state index >= 15 is 0 Å². The number of amides is 1. The van der Waals surface area contributed by atoms with Crippen LogP contribution < -0.4 is 14.4 Å². The minimum absolute atomic E-state index is 0.109. The number of carbonyl (C=O) groups is 1. The van der Waals surface area contributed by atoms with Crippen LogP contribution in [0.2, 0.25) is 10.0 Å². The Hall–Kier alpha value is -1.63. The molecule has 8 heteroatoms. The zero-order valence-corrected chi connectivity index (χ0v) is 15.6. The van der Waals surface area contributed by atoms with Gasteiger partial charge in [-0.1, -0.05) is 41.2 Å². The number of anilines is 1. The quantitative estimate of drug-likeness (QED) is 0.754. The maximum atomic E-state index is 14.1. The molecular weight excluding hydrogens is 386 g/mol. The van der Waals surface area contributed by atoms with Crippen LogP contribution in [0, 0.1) is 5.82 Å². The smallest absolute Gasteiger partial charge is 0.264 e. The number of ether oxygens (including phenoxy) is 1. The Morgan fingerprint density at radius 1 is 1.32 bits per heavy atom. The van der Waals surface area contributed by atoms with Gasteiger partial charge in [0.25, 0.3) is 5.91 Å². The Morgan fingerprint density at radius 2 is 2.08 bits per heavy atom. The van der Waals surface area contributed by atoms with Crippen molar-refractivity contribution in [3.8, 4) is 5.75 Å². The minimum Gasteiger partial charge on any atom is -0.485 e. The predicted molar refractivity (Wildman–Crippen MR) is 100 cm³/mol. The molecule has 0 saturated carbocycles. The molecule has 132 valence electrons. The summed E-state index contributed by atoms with van der Waals surface area (Å²) in [5.74, 6) is -0.971. The van der Waals surface area contributed by atoms with Crippen LogP contribution in [0.5, 0.6) is 5.75 Å². The van der Waals surface area contributed by atoms with E-state index in [-0.39, 0.29) is 22.4 Å². The third kappa shape index (κ3) is 4.14. The van der Waals surface area contributed by atoms with E-state index in [1.165, 1.54) is 6.07 Å². The molecule has 1 aliphatic rings. The fraction of sp³-hybridized carbons (Fsp3) is 0.235. The first-order valence-electron chi connectivity index (χ1n) is 7.47. The molecule has 4 nitrogen and oxygen atoms in total. The highest BCUT2D eigenvalue weighted by Gasteiger charge is 2.30. The second-order valence-corrected chi connectivity index (χ2v) is 6.98. The van der Waals surface area contributed by atoms with Crippen molar-refractivity contribution in [3.05, 3.63) is 57.8 Å². The lowest BCUT2D eigenvalue weighted by molar-refractivity contribution is 0.0980. The van der Waals surface area contributed by atoms with Gasteiger partial charge in [-0.3, -0.25) is 9.52 Å². The molecule has 0 aliphatic carbocycles. The Morgan fingerprint density at radius 3 is 2.76 bits per heavy atom. The summed E-state index contributed by atoms with van der Waals surface area (Å²) in [6.07, 6.45) is 1.57. The van der Waals surface area contributed by atoms with E-state index in [4.69, 9.17) is 27.9 Å². The molecule has 0 spiro atoms. The van der Waals surface area contributed by atoms with Gasteiger partial charge >= 0.3 is 0 Å². The first-order valence-corrected chi connectivity index (χ1v) is 9.45. The SMILES string of the molecule is CSNC(=O)c1cc(Cl)c(OC2CN(c3cccc(Cl)c3)C2)cc1F. The summed E-state index contributed by atoms with van der Waals surface area (Å²) in [5.41, 5.74) is 0.898. The fourth-order valence-electron chi connectivity index (χ4n) is 2.52. The number of rotatable bonds is 5. The molecule has 3 rings (SSSR count). The topological polar surface area (TPSA) is 41.6 Å². The van der Waals surface area contributed by atoms with Crippen LogP contribution in [-0.4, -0.2) is 31.4 Å². The number of nitrogens with one attached hydrogen (secondary N) is 1. The van der Waals surface area contributed by atoms with Crippen LogP contribution in [0.4, 0.5) is 10.1 Å². The average molecular weight is 401 g/mol. The molecule has 2 aromatic carbocycles. The predicted octanol–water partition coefficient (Wildman–Crippen LogP) is 4.41. The molecule has 2 aromatic rings. The number of carbonyl (C=O) groups excluding carboxylic acids is 1. The molecule has 1 aliphatic heterocycles. The third-order valence-corrected chi connectivity index (χ3v) is 4.70. The van der Waals surface area contributed by atoms with Gasteiger partial charge in [-0.2, -0.15) is 0 Å². The lowest BCUT2D eigenvalue weighted by Gasteiger charge is -2.40. The lowest BCUT2D eigenvalue weighted by Crippen LogP contribution is -2.54. The molecule has 1 amide bonds. The minimum atomic E-state index is -0.669. The van der Waals surface area contributed by atoms with Crippen molar-refractivity contribution in [2.24, 2.45) is 0 Å². The van der Waals surface area contributed by atoms with Crippen LogP contribution in [0.25, 0.3) is 0 Å². The van der Waals surface area contributed by atoms with Crippen LogP contribution >= 0.6 is 35.1 Å². The second-order valence-electron chi connectivity index (χ2n) is 5.52. The van der Waals surface area contributed by atoms with Gasteiger partial charge in [0.2, 0.25) is 0 Å². The number of hydrogen-bond donors (Lipinski definition) is 1. The molecule has 0 atom stereocenters. The first-order chi connectivity index (χ1) is 12.0. The van der Waals surface area contributed by atoms with Gasteiger partial charge in [0, 0.05) is 23.0 Å². The largest absolute Gasteiger partial charge is 0.485 e. The average Bonchev–Trinajstić information content (AvgIpc) is 2.53. The molecule has 0 radical (unpaired) electrons. The maximum absolute atomic E-state index is 14.1. The Kier molecular flexibility index (Phi) is 5.61. The zero-order valence-electron chi connectivity index (χ0n) is 13.3. The van der Waals surface area contributed by atoms with Gasteiger partial charge in [0.05, 0.1) is 23.7 Å². The van der Waals surface area contributed by atoms with Gasteiger partial charge in [-0.15, -0.1) is 0 Å². The third-order valence-electron chi connectivity index (χ3n) is 3.78. The van der Waals surface area contributed by atoms with Gasteiger partial charge in [0.15, 0.2) is 0 Å². The van der Waals surface area contributed by atoms with Crippen LogP contribution in [0.15, 0.2) is 36.4 Å². The van der Waals surface area contributed by atoms with E-state index in [1.807, 2.05) is 24.3 Å². The van der Waals surface area contributed by atoms with E-state index in [0.717, 1.165) is 23.7 Å². The van der Waals surface area contributed by atoms with Crippen molar-refractivity contribution in [2.75, 3.05) is 24.2 Å². The summed E-state index contributed by atoms with van der Waals surface area (Å²) < 4.78 is 22.3. The molecule has 1 N–H and O–H groups in total. The highest BCUT2D eigenvalue weighted by molar-refractivity contribution is 7.97. The van der Waals surface area contributed by atoms with E-state index in [1.54, 1.807) is 6.26 Å². The van der Waals surface area contributed by atoms with Crippen molar-refractivity contribution in [1.29, 1.82) is 0 Å². The highest BCUT2D eigenvalue weighted by Crippen LogP contribution is 2.32. The van der Waals surface area contributed by atoms with E-state index in [0.29, 0.717) is 18.1 Å². The first kappa shape index (κ1) is 18.2. The molecule has 25 heavy (non-hydrogen) atoms. The van der Waals surface area contributed by atoms with Gasteiger partial charge in [0.1, 0.15) is 17.7 Å². The number of nitrogens with zero attached hydrogens (tertiary/aromatic N) is 1. The summed E-state index contributed by atoms with van der Waals surface area (Å²) in [7, 11) is 0. The van der Waals surface area contributed by atoms with Crippen LogP contribution in [0.1, 0.15) is 10.4 Å². The monoisotopic (exact) mass is 400 g/mol. The molecular formula is C17H15Cl2FN2O2S. The van der Waals surface area contributed by atoms with Gasteiger partial charge < -0.3 is 9.64 Å². The summed E-state index contributed by atoms with van der Waals surface area (Å²) >= 11 is 13.2. The summed E-state index contributed by atoms with van der Waals surface area (Å²) in [5, 5.41) is 0.875. The highest BCUT2D eigenvalue weighted by atomic mass is 35.5. The van der Waals surface area contributed by atoms with E-state index in [9.17, 15) is 9.18 Å². The van der Waals surface area contributed by atoms with Crippen molar-refractivity contribution in [2.45, 2.75) is 6.10 Å². The van der Waals surface area contributed by atoms with Gasteiger partial charge in [-0.05, 0) is 24.3 Å². The van der Waals surface area contributed by atoms with Crippen molar-refractivity contribution in [1.82, 2.24) is 4.72 Å². The molecule has 1 heterocycles. The molecule has 0 aromatic heterocycles. The van der Waals surface area contributed by atoms with E-state index < -0.39 is 11.7 Å². The lowest BCUT2D eigenvalue weighted by atomic mass is 10.1. The molecule has 1 fully saturated rings. The standard InChI is InChI=1S/C17H15Cl2FN2O2S/c1-25-21-17(23)13-6-14(19)16(7-15(13)20)24-12-8-22(9-12)11-4-2-3-10(18)5-11/h2-7,12H,8-9H2,1H3,(H,21,23). The Bertz CT molecular complexity index is 800. The Labute approximate surface area is 159 Å². The van der Waals surface area contributed by atoms with Crippen LogP contribution in [0.3, 0.4) is 0 Å². The van der Waals surface area contributed by atoms with Crippen LogP contribution in [-0.2, 0) is 0 Å². The van der Waals surface area contributed by atoms with E-state index in [2.05, 4.69) is 9.62 Å². The summed E-state index contributed by atoms with van der Waals surface area (Å²) in [4.78, 5) is 13.9. The second kappa shape index (κ2) is 7.72. The number of benzene rings is 2. The number of hydrogen-bond acceptors (Lipinski definition) is 4. The normalized spacial score (nSPS) is 14.2. The fourth-order valence-corrected chi connectivity index (χ4v) is 3.20. The molecule has 0 bridgehead atoms. The Balaban J connectivity index is 1.65. The van der Waals surface area contributed by atoms with Gasteiger partial charge in [-0.25, -0.2) is 4.39 Å². The zero-order chi connectivity index (χ0) is 18.0. The van der Waals surface area contributed by atoms with Crippen molar-refractivity contribution < 1.29 is 13.9 Å². The van der Waals surface area contributed by atoms with Crippen molar-refractivity contribution in [3.63, 3.8) is 0 Å². The maximum Gasteiger partial charge on any atom is 0.264 e. The summed E-state index contributed by atoms with van der Waals surface area (Å²) in [6, 6.07) is 9.98. The number of halogens is 3. The summed E-state index contributed by atoms with van der Waals surface area (Å²) in [6.45, 7) is 1.29. The molecule has 1 saturated heterocycles. The molecule has 0 unspecified atom stereocenters. The van der Waals surface area contributed by atoms with Crippen molar-refractivity contribution >= 4 is 46.7 Å².